The highest BCUT2D eigenvalue weighted by Crippen LogP contribution is 2.23. The fourth-order valence-corrected chi connectivity index (χ4v) is 3.57. The highest BCUT2D eigenvalue weighted by atomic mass is 32.1. The van der Waals surface area contributed by atoms with E-state index in [2.05, 4.69) is 21.7 Å². The fraction of sp³-hybridized carbons (Fsp3) is 0.643. The molecule has 0 saturated carbocycles. The Labute approximate surface area is 123 Å². The number of fused-ring (bicyclic) bond motifs is 1. The third kappa shape index (κ3) is 3.31. The fourth-order valence-electron chi connectivity index (χ4n) is 2.68. The van der Waals surface area contributed by atoms with Gasteiger partial charge < -0.3 is 15.0 Å². The lowest BCUT2D eigenvalue weighted by atomic mass is 10.1. The minimum atomic E-state index is 0.0649. The number of hydrogen-bond acceptors (Lipinski definition) is 4. The summed E-state index contributed by atoms with van der Waals surface area (Å²) in [5, 5.41) is 5.15. The van der Waals surface area contributed by atoms with E-state index >= 15 is 0 Å². The van der Waals surface area contributed by atoms with Gasteiger partial charge in [-0.15, -0.1) is 11.3 Å². The molecule has 0 spiro atoms. The van der Waals surface area contributed by atoms with E-state index in [0.717, 1.165) is 52.4 Å². The maximum Gasteiger partial charge on any atom is 0.317 e. The van der Waals surface area contributed by atoms with Gasteiger partial charge in [0.25, 0.3) is 0 Å². The van der Waals surface area contributed by atoms with Crippen molar-refractivity contribution in [3.8, 4) is 0 Å². The first kappa shape index (κ1) is 13.9. The second kappa shape index (κ2) is 6.56. The van der Waals surface area contributed by atoms with Crippen LogP contribution in [0.1, 0.15) is 10.4 Å². The van der Waals surface area contributed by atoms with Crippen molar-refractivity contribution in [3.63, 3.8) is 0 Å². The Morgan fingerprint density at radius 2 is 2.20 bits per heavy atom. The molecule has 1 aromatic heterocycles. The minimum absolute atomic E-state index is 0.0649. The molecule has 0 aromatic carbocycles. The average molecular weight is 295 g/mol. The summed E-state index contributed by atoms with van der Waals surface area (Å²) in [6, 6.07) is 2.20. The van der Waals surface area contributed by atoms with Crippen LogP contribution in [-0.2, 0) is 17.7 Å². The Morgan fingerprint density at radius 1 is 1.35 bits per heavy atom. The standard InChI is InChI=1S/C14H21N3O2S/c18-14(15-3-5-16-6-8-19-9-7-16)17-4-1-13-12(11-17)2-10-20-13/h2,10H,1,3-9,11H2,(H,15,18). The van der Waals surface area contributed by atoms with Gasteiger partial charge in [0.1, 0.15) is 0 Å². The summed E-state index contributed by atoms with van der Waals surface area (Å²) in [7, 11) is 0. The van der Waals surface area contributed by atoms with Crippen LogP contribution in [0.4, 0.5) is 4.79 Å². The number of nitrogens with one attached hydrogen (secondary N) is 1. The van der Waals surface area contributed by atoms with Crippen molar-refractivity contribution < 1.29 is 9.53 Å². The van der Waals surface area contributed by atoms with Crippen LogP contribution in [-0.4, -0.2) is 61.8 Å². The topological polar surface area (TPSA) is 44.8 Å². The van der Waals surface area contributed by atoms with E-state index in [4.69, 9.17) is 4.74 Å². The SMILES string of the molecule is O=C(NCCN1CCOCC1)N1CCc2sccc2C1. The third-order valence-corrected chi connectivity index (χ3v) is 4.93. The Hall–Kier alpha value is -1.11. The van der Waals surface area contributed by atoms with Crippen molar-refractivity contribution in [2.45, 2.75) is 13.0 Å². The summed E-state index contributed by atoms with van der Waals surface area (Å²) in [4.78, 5) is 17.8. The second-order valence-electron chi connectivity index (χ2n) is 5.23. The second-order valence-corrected chi connectivity index (χ2v) is 6.23. The number of hydrogen-bond donors (Lipinski definition) is 1. The van der Waals surface area contributed by atoms with Gasteiger partial charge in [-0.25, -0.2) is 4.79 Å². The predicted molar refractivity (Wildman–Crippen MR) is 79.1 cm³/mol. The Bertz CT molecular complexity index is 457. The van der Waals surface area contributed by atoms with E-state index in [1.807, 2.05) is 4.90 Å². The van der Waals surface area contributed by atoms with Crippen LogP contribution < -0.4 is 5.32 Å². The van der Waals surface area contributed by atoms with Gasteiger partial charge in [0.05, 0.1) is 13.2 Å². The molecular formula is C14H21N3O2S. The Balaban J connectivity index is 1.41. The summed E-state index contributed by atoms with van der Waals surface area (Å²) in [5.41, 5.74) is 1.31. The molecule has 6 heteroatoms. The van der Waals surface area contributed by atoms with Crippen molar-refractivity contribution in [1.82, 2.24) is 15.1 Å². The summed E-state index contributed by atoms with van der Waals surface area (Å²) >= 11 is 1.80. The van der Waals surface area contributed by atoms with Gasteiger partial charge in [-0.2, -0.15) is 0 Å². The normalized spacial score (nSPS) is 19.7. The third-order valence-electron chi connectivity index (χ3n) is 3.90. The van der Waals surface area contributed by atoms with Gasteiger partial charge in [-0.3, -0.25) is 4.90 Å². The molecule has 2 amide bonds. The monoisotopic (exact) mass is 295 g/mol. The van der Waals surface area contributed by atoms with Gasteiger partial charge in [0.2, 0.25) is 0 Å². The smallest absolute Gasteiger partial charge is 0.317 e. The number of urea groups is 1. The molecule has 2 aliphatic heterocycles. The molecule has 110 valence electrons. The van der Waals surface area contributed by atoms with E-state index in [1.165, 1.54) is 10.4 Å². The first-order valence-corrected chi connectivity index (χ1v) is 8.09. The van der Waals surface area contributed by atoms with Crippen LogP contribution in [0.25, 0.3) is 0 Å². The van der Waals surface area contributed by atoms with E-state index in [1.54, 1.807) is 11.3 Å². The number of amides is 2. The maximum absolute atomic E-state index is 12.1. The number of rotatable bonds is 3. The number of carbonyl (C=O) groups is 1. The molecule has 1 saturated heterocycles. The largest absolute Gasteiger partial charge is 0.379 e. The van der Waals surface area contributed by atoms with Gasteiger partial charge >= 0.3 is 6.03 Å². The van der Waals surface area contributed by atoms with Crippen LogP contribution in [0.5, 0.6) is 0 Å². The van der Waals surface area contributed by atoms with E-state index in [-0.39, 0.29) is 6.03 Å². The summed E-state index contributed by atoms with van der Waals surface area (Å²) in [5.74, 6) is 0. The molecule has 3 heterocycles. The molecule has 0 atom stereocenters. The molecule has 1 fully saturated rings. The number of morpholine rings is 1. The highest BCUT2D eigenvalue weighted by molar-refractivity contribution is 7.10. The molecule has 1 aromatic rings. The molecule has 0 radical (unpaired) electrons. The molecule has 2 aliphatic rings. The molecule has 20 heavy (non-hydrogen) atoms. The zero-order valence-corrected chi connectivity index (χ0v) is 12.5. The van der Waals surface area contributed by atoms with Crippen molar-refractivity contribution in [2.75, 3.05) is 45.9 Å². The van der Waals surface area contributed by atoms with Crippen molar-refractivity contribution in [1.29, 1.82) is 0 Å². The van der Waals surface area contributed by atoms with Crippen molar-refractivity contribution >= 4 is 17.4 Å². The summed E-state index contributed by atoms with van der Waals surface area (Å²) in [6.45, 7) is 6.76. The lowest BCUT2D eigenvalue weighted by Gasteiger charge is -2.29. The van der Waals surface area contributed by atoms with Gasteiger partial charge in [0, 0.05) is 44.1 Å². The molecule has 1 N–H and O–H groups in total. The van der Waals surface area contributed by atoms with Gasteiger partial charge in [0.15, 0.2) is 0 Å². The first-order chi connectivity index (χ1) is 9.83. The van der Waals surface area contributed by atoms with E-state index in [0.29, 0.717) is 6.54 Å². The molecule has 0 aliphatic carbocycles. The molecular weight excluding hydrogens is 274 g/mol. The quantitative estimate of drug-likeness (QED) is 0.910. The number of ether oxygens (including phenoxy) is 1. The Kier molecular flexibility index (Phi) is 4.54. The summed E-state index contributed by atoms with van der Waals surface area (Å²) in [6.07, 6.45) is 0.990. The zero-order valence-electron chi connectivity index (χ0n) is 11.6. The number of nitrogens with zero attached hydrogens (tertiary/aromatic N) is 2. The lowest BCUT2D eigenvalue weighted by Crippen LogP contribution is -2.46. The molecule has 3 rings (SSSR count). The zero-order chi connectivity index (χ0) is 13.8. The number of thiophene rings is 1. The van der Waals surface area contributed by atoms with Gasteiger partial charge in [-0.05, 0) is 23.4 Å². The van der Waals surface area contributed by atoms with Crippen LogP contribution in [0.15, 0.2) is 11.4 Å². The van der Waals surface area contributed by atoms with Crippen molar-refractivity contribution in [2.24, 2.45) is 0 Å². The van der Waals surface area contributed by atoms with Crippen LogP contribution in [0.2, 0.25) is 0 Å². The van der Waals surface area contributed by atoms with E-state index in [9.17, 15) is 4.79 Å². The highest BCUT2D eigenvalue weighted by Gasteiger charge is 2.21. The van der Waals surface area contributed by atoms with Crippen LogP contribution >= 0.6 is 11.3 Å². The van der Waals surface area contributed by atoms with Crippen LogP contribution in [0, 0.1) is 0 Å². The molecule has 0 unspecified atom stereocenters. The lowest BCUT2D eigenvalue weighted by molar-refractivity contribution is 0.0385. The summed E-state index contributed by atoms with van der Waals surface area (Å²) < 4.78 is 5.31. The van der Waals surface area contributed by atoms with Crippen LogP contribution in [0.3, 0.4) is 0 Å². The molecule has 0 bridgehead atoms. The first-order valence-electron chi connectivity index (χ1n) is 7.21. The minimum Gasteiger partial charge on any atom is -0.379 e. The van der Waals surface area contributed by atoms with Gasteiger partial charge in [-0.1, -0.05) is 0 Å². The Morgan fingerprint density at radius 3 is 3.05 bits per heavy atom. The van der Waals surface area contributed by atoms with Crippen molar-refractivity contribution in [3.05, 3.63) is 21.9 Å². The average Bonchev–Trinajstić information content (AvgIpc) is 2.95. The predicted octanol–water partition coefficient (Wildman–Crippen LogP) is 1.15. The number of carbonyl (C=O) groups excluding carboxylic acids is 1. The molecule has 5 nitrogen and oxygen atoms in total. The maximum atomic E-state index is 12.1. The van der Waals surface area contributed by atoms with E-state index < -0.39 is 0 Å².